The van der Waals surface area contributed by atoms with Crippen LogP contribution in [0.25, 0.3) is 66.5 Å². The van der Waals surface area contributed by atoms with E-state index in [1.54, 1.807) is 18.2 Å². The highest BCUT2D eigenvalue weighted by atomic mass is 16.3. The van der Waals surface area contributed by atoms with Gasteiger partial charge in [0.1, 0.15) is 17.2 Å². The number of fused-ring (bicyclic) bond motifs is 3. The lowest BCUT2D eigenvalue weighted by atomic mass is 10.1. The molecule has 12 nitrogen and oxygen atoms in total. The number of hydrogen-bond donors (Lipinski definition) is 6. The zero-order valence-corrected chi connectivity index (χ0v) is 40.1. The molecule has 3 fully saturated rings. The number of pyridine rings is 3. The third-order valence-corrected chi connectivity index (χ3v) is 14.0. The lowest BCUT2D eigenvalue weighted by molar-refractivity contribution is 0.461. The number of hydrogen-bond acceptors (Lipinski definition) is 9. The van der Waals surface area contributed by atoms with Gasteiger partial charge in [-0.2, -0.15) is 0 Å². The predicted molar refractivity (Wildman–Crippen MR) is 289 cm³/mol. The molecule has 12 rings (SSSR count). The Morgan fingerprint density at radius 1 is 0.408 bits per heavy atom. The number of rotatable bonds is 6. The van der Waals surface area contributed by atoms with E-state index >= 15 is 0 Å². The van der Waals surface area contributed by atoms with E-state index < -0.39 is 0 Å². The monoisotopic (exact) mass is 946 g/mol. The van der Waals surface area contributed by atoms with Crippen LogP contribution in [0.5, 0.6) is 17.2 Å². The standard InChI is InChI=1S/C20H20N2O2.C20H20N2O.C19H18N2O3/c1-13-10-14(4-7-19(13)23)18-12-20(24)16-11-15(5-6-17(16)21-18)22-8-2-3-9-22;1-14-5-4-6-15(11-14)19-13-20(23)17-12-16(7-8-18(17)21-19)22-9-2-3-10-22;22-13-4-6-18(23)15(10-13)17-11-19(24)14-9-12(3-5-16(14)20-17)21-7-1-2-8-21/h4-7,10-12,23H,2-3,8-9H2,1H3,(H,21,24);4-8,11-13H,2-3,9-10H2,1H3,(H,21,23);3-6,9-11,22-23H,1-2,7-8H2,(H,20,24). The molecule has 3 saturated heterocycles. The van der Waals surface area contributed by atoms with Crippen LogP contribution in [-0.2, 0) is 0 Å². The van der Waals surface area contributed by atoms with Crippen LogP contribution >= 0.6 is 0 Å². The summed E-state index contributed by atoms with van der Waals surface area (Å²) >= 11 is 0. The van der Waals surface area contributed by atoms with Gasteiger partial charge < -0.3 is 45.0 Å². The molecule has 0 atom stereocenters. The van der Waals surface area contributed by atoms with E-state index in [0.29, 0.717) is 22.2 Å². The van der Waals surface area contributed by atoms with E-state index in [-0.39, 0.29) is 33.5 Å². The fraction of sp³-hybridized carbons (Fsp3) is 0.237. The molecular weight excluding hydrogens is 889 g/mol. The second kappa shape index (κ2) is 20.0. The number of phenolic OH excluding ortho intramolecular Hbond substituents is 3. The van der Waals surface area contributed by atoms with Crippen molar-refractivity contribution in [3.8, 4) is 51.0 Å². The summed E-state index contributed by atoms with van der Waals surface area (Å²) < 4.78 is 0. The van der Waals surface area contributed by atoms with Gasteiger partial charge in [0.25, 0.3) is 0 Å². The van der Waals surface area contributed by atoms with Crippen molar-refractivity contribution in [3.63, 3.8) is 0 Å². The zero-order chi connectivity index (χ0) is 49.2. The van der Waals surface area contributed by atoms with Gasteiger partial charge in [0.15, 0.2) is 16.3 Å². The van der Waals surface area contributed by atoms with Crippen LogP contribution in [0.1, 0.15) is 49.7 Å². The molecule has 360 valence electrons. The van der Waals surface area contributed by atoms with E-state index in [0.717, 1.165) is 106 Å². The summed E-state index contributed by atoms with van der Waals surface area (Å²) in [5, 5.41) is 31.4. The lowest BCUT2D eigenvalue weighted by Gasteiger charge is -2.18. The molecule has 3 aliphatic rings. The topological polar surface area (TPSA) is 169 Å². The third-order valence-electron chi connectivity index (χ3n) is 14.0. The molecule has 0 saturated carbocycles. The van der Waals surface area contributed by atoms with Gasteiger partial charge in [-0.3, -0.25) is 14.4 Å². The van der Waals surface area contributed by atoms with Crippen LogP contribution in [0.15, 0.2) is 148 Å². The molecule has 9 aromatic rings. The number of aromatic nitrogens is 3. The maximum absolute atomic E-state index is 12.6. The van der Waals surface area contributed by atoms with Gasteiger partial charge in [-0.25, -0.2) is 0 Å². The summed E-state index contributed by atoms with van der Waals surface area (Å²) in [5.74, 6) is 0.307. The average molecular weight is 947 g/mol. The largest absolute Gasteiger partial charge is 0.508 e. The smallest absolute Gasteiger partial charge is 0.190 e. The summed E-state index contributed by atoms with van der Waals surface area (Å²) in [6.45, 7) is 10.3. The number of phenols is 3. The Hall–Kier alpha value is -8.25. The Morgan fingerprint density at radius 2 is 0.831 bits per heavy atom. The summed E-state index contributed by atoms with van der Waals surface area (Å²) in [6.07, 6.45) is 7.27. The number of H-pyrrole nitrogens is 3. The van der Waals surface area contributed by atoms with Crippen molar-refractivity contribution >= 4 is 49.8 Å². The minimum Gasteiger partial charge on any atom is -0.508 e. The maximum atomic E-state index is 12.6. The molecule has 0 radical (unpaired) electrons. The van der Waals surface area contributed by atoms with Crippen LogP contribution in [-0.4, -0.2) is 69.5 Å². The molecule has 0 unspecified atom stereocenters. The number of aromatic hydroxyl groups is 3. The van der Waals surface area contributed by atoms with Crippen molar-refractivity contribution in [2.24, 2.45) is 0 Å². The normalized spacial score (nSPS) is 14.5. The molecule has 6 aromatic carbocycles. The molecule has 71 heavy (non-hydrogen) atoms. The van der Waals surface area contributed by atoms with E-state index in [1.807, 2.05) is 73.7 Å². The number of nitrogens with one attached hydrogen (secondary N) is 3. The van der Waals surface area contributed by atoms with Gasteiger partial charge in [-0.15, -0.1) is 0 Å². The fourth-order valence-electron chi connectivity index (χ4n) is 10.1. The Morgan fingerprint density at radius 3 is 1.28 bits per heavy atom. The fourth-order valence-corrected chi connectivity index (χ4v) is 10.1. The van der Waals surface area contributed by atoms with Crippen LogP contribution in [0.4, 0.5) is 17.1 Å². The Balaban J connectivity index is 0.000000123. The molecule has 6 heterocycles. The van der Waals surface area contributed by atoms with Gasteiger partial charge in [-0.05, 0) is 166 Å². The van der Waals surface area contributed by atoms with Gasteiger partial charge >= 0.3 is 0 Å². The van der Waals surface area contributed by atoms with Crippen molar-refractivity contribution in [2.45, 2.75) is 52.4 Å². The van der Waals surface area contributed by atoms with E-state index in [1.165, 1.54) is 68.4 Å². The SMILES string of the molecule is Cc1cc(-c2cc(=O)c3cc(N4CCCC4)ccc3[nH]2)ccc1O.Cc1cccc(-c2cc(=O)c3cc(N4CCCC4)ccc3[nH]2)c1.O=c1cc(-c2cc(O)ccc2O)[nH]c2ccc(N3CCCC3)cc12. The summed E-state index contributed by atoms with van der Waals surface area (Å²) in [4.78, 5) is 54.7. The molecule has 0 spiro atoms. The van der Waals surface area contributed by atoms with Crippen LogP contribution in [0.2, 0.25) is 0 Å². The van der Waals surface area contributed by atoms with Crippen molar-refractivity contribution in [1.29, 1.82) is 0 Å². The highest BCUT2D eigenvalue weighted by molar-refractivity contribution is 5.87. The zero-order valence-electron chi connectivity index (χ0n) is 40.1. The maximum Gasteiger partial charge on any atom is 0.190 e. The number of aryl methyl sites for hydroxylation is 2. The first-order valence-corrected chi connectivity index (χ1v) is 24.6. The highest BCUT2D eigenvalue weighted by Crippen LogP contribution is 2.33. The van der Waals surface area contributed by atoms with Crippen molar-refractivity contribution in [1.82, 2.24) is 15.0 Å². The molecular formula is C59H58N6O6. The first kappa shape index (κ1) is 46.5. The number of anilines is 3. The lowest BCUT2D eigenvalue weighted by Crippen LogP contribution is -2.17. The van der Waals surface area contributed by atoms with Crippen LogP contribution in [0.3, 0.4) is 0 Å². The molecule has 0 aliphatic carbocycles. The molecule has 12 heteroatoms. The van der Waals surface area contributed by atoms with E-state index in [2.05, 4.69) is 60.8 Å². The predicted octanol–water partition coefficient (Wildman–Crippen LogP) is 11.1. The number of aromatic amines is 3. The van der Waals surface area contributed by atoms with E-state index in [4.69, 9.17) is 0 Å². The Labute approximate surface area is 411 Å². The van der Waals surface area contributed by atoms with Crippen LogP contribution in [0, 0.1) is 13.8 Å². The minimum atomic E-state index is -0.109. The molecule has 0 bridgehead atoms. The summed E-state index contributed by atoms with van der Waals surface area (Å²) in [7, 11) is 0. The number of nitrogens with zero attached hydrogens (tertiary/aromatic N) is 3. The highest BCUT2D eigenvalue weighted by Gasteiger charge is 2.17. The molecule has 3 aliphatic heterocycles. The van der Waals surface area contributed by atoms with Gasteiger partial charge in [-0.1, -0.05) is 23.8 Å². The minimum absolute atomic E-state index is 0.0106. The first-order chi connectivity index (χ1) is 34.4. The summed E-state index contributed by atoms with van der Waals surface area (Å²) in [5.41, 5.74) is 12.2. The quantitative estimate of drug-likeness (QED) is 0.0889. The first-order valence-electron chi connectivity index (χ1n) is 24.6. The second-order valence-electron chi connectivity index (χ2n) is 19.0. The third kappa shape index (κ3) is 10.1. The van der Waals surface area contributed by atoms with Gasteiger partial charge in [0.05, 0.1) is 5.69 Å². The second-order valence-corrected chi connectivity index (χ2v) is 19.0. The van der Waals surface area contributed by atoms with Crippen molar-refractivity contribution in [3.05, 3.63) is 175 Å². The molecule has 0 amide bonds. The van der Waals surface area contributed by atoms with E-state index in [9.17, 15) is 29.7 Å². The van der Waals surface area contributed by atoms with Crippen LogP contribution < -0.4 is 31.0 Å². The molecule has 6 N–H and O–H groups in total. The van der Waals surface area contributed by atoms with Crippen molar-refractivity contribution in [2.75, 3.05) is 54.0 Å². The molecule has 3 aromatic heterocycles. The van der Waals surface area contributed by atoms with Gasteiger partial charge in [0.2, 0.25) is 0 Å². The van der Waals surface area contributed by atoms with Crippen molar-refractivity contribution < 1.29 is 15.3 Å². The number of benzene rings is 6. The Bertz CT molecular complexity index is 3620. The average Bonchev–Trinajstić information content (AvgIpc) is 4.22. The van der Waals surface area contributed by atoms with Gasteiger partial charge in [0, 0.05) is 124 Å². The Kier molecular flexibility index (Phi) is 13.1. The summed E-state index contributed by atoms with van der Waals surface area (Å²) in [6, 6.07) is 40.7.